The maximum absolute atomic E-state index is 13.1. The summed E-state index contributed by atoms with van der Waals surface area (Å²) in [4.78, 5) is 45.8. The molecule has 0 aliphatic carbocycles. The summed E-state index contributed by atoms with van der Waals surface area (Å²) in [5.74, 6) is 0.00878. The van der Waals surface area contributed by atoms with Crippen LogP contribution in [0.2, 0.25) is 0 Å². The molecule has 0 radical (unpaired) electrons. The van der Waals surface area contributed by atoms with E-state index in [1.54, 1.807) is 40.9 Å². The molecule has 1 atom stereocenters. The van der Waals surface area contributed by atoms with Gasteiger partial charge < -0.3 is 0 Å². The second kappa shape index (κ2) is 8.44. The molecule has 0 bridgehead atoms. The molecule has 7 heteroatoms. The van der Waals surface area contributed by atoms with Crippen LogP contribution in [0.1, 0.15) is 46.0 Å². The van der Waals surface area contributed by atoms with E-state index in [4.69, 9.17) is 4.99 Å². The van der Waals surface area contributed by atoms with Crippen LogP contribution in [-0.2, 0) is 4.79 Å². The Labute approximate surface area is 180 Å². The van der Waals surface area contributed by atoms with Crippen LogP contribution in [0.25, 0.3) is 0 Å². The van der Waals surface area contributed by atoms with E-state index in [0.29, 0.717) is 16.3 Å². The normalized spacial score (nSPS) is 19.7. The fourth-order valence-electron chi connectivity index (χ4n) is 3.75. The third-order valence-electron chi connectivity index (χ3n) is 5.37. The molecule has 30 heavy (non-hydrogen) atoms. The van der Waals surface area contributed by atoms with Gasteiger partial charge >= 0.3 is 0 Å². The number of benzene rings is 2. The number of thioether (sulfide) groups is 1. The van der Waals surface area contributed by atoms with Crippen LogP contribution in [0.15, 0.2) is 53.5 Å². The molecule has 2 aromatic carbocycles. The maximum Gasteiger partial charge on any atom is 0.261 e. The van der Waals surface area contributed by atoms with Crippen molar-refractivity contribution in [2.75, 3.05) is 12.3 Å². The standard InChI is InChI=1S/C23H23N3O3S/c1-3-17-14-30-23(24-16-8-6-7-15(2)13-16)26(17)20(27)11-12-25-21(28)18-9-4-5-10-19(18)22(25)29/h4-10,13,17H,3,11-12,14H2,1-2H3. The zero-order valence-corrected chi connectivity index (χ0v) is 17.8. The summed E-state index contributed by atoms with van der Waals surface area (Å²) in [6, 6.07) is 14.7. The Balaban J connectivity index is 1.50. The summed E-state index contributed by atoms with van der Waals surface area (Å²) < 4.78 is 0. The van der Waals surface area contributed by atoms with Gasteiger partial charge in [0.15, 0.2) is 5.17 Å². The van der Waals surface area contributed by atoms with Crippen molar-refractivity contribution in [1.82, 2.24) is 9.80 Å². The van der Waals surface area contributed by atoms with Crippen molar-refractivity contribution in [3.05, 3.63) is 65.2 Å². The van der Waals surface area contributed by atoms with Crippen molar-refractivity contribution < 1.29 is 14.4 Å². The molecule has 1 saturated heterocycles. The van der Waals surface area contributed by atoms with Crippen LogP contribution in [0.5, 0.6) is 0 Å². The van der Waals surface area contributed by atoms with Gasteiger partial charge in [-0.2, -0.15) is 0 Å². The van der Waals surface area contributed by atoms with Gasteiger partial charge in [-0.1, -0.05) is 43.0 Å². The predicted octanol–water partition coefficient (Wildman–Crippen LogP) is 4.02. The molecule has 1 unspecified atom stereocenters. The molecule has 0 spiro atoms. The highest BCUT2D eigenvalue weighted by Crippen LogP contribution is 2.30. The highest BCUT2D eigenvalue weighted by molar-refractivity contribution is 8.14. The summed E-state index contributed by atoms with van der Waals surface area (Å²) in [7, 11) is 0. The van der Waals surface area contributed by atoms with Crippen LogP contribution in [-0.4, -0.2) is 51.0 Å². The third kappa shape index (κ3) is 3.77. The molecule has 1 fully saturated rings. The third-order valence-corrected chi connectivity index (χ3v) is 6.47. The first-order valence-corrected chi connectivity index (χ1v) is 11.0. The van der Waals surface area contributed by atoms with Crippen molar-refractivity contribution in [1.29, 1.82) is 0 Å². The number of fused-ring (bicyclic) bond motifs is 1. The first-order valence-electron chi connectivity index (χ1n) is 10.0. The van der Waals surface area contributed by atoms with E-state index in [2.05, 4.69) is 0 Å². The van der Waals surface area contributed by atoms with Crippen molar-refractivity contribution >= 4 is 40.3 Å². The van der Waals surface area contributed by atoms with Crippen LogP contribution >= 0.6 is 11.8 Å². The number of carbonyl (C=O) groups is 3. The molecule has 0 N–H and O–H groups in total. The number of imide groups is 1. The molecule has 3 amide bonds. The minimum atomic E-state index is -0.333. The minimum Gasteiger partial charge on any atom is -0.287 e. The van der Waals surface area contributed by atoms with Crippen molar-refractivity contribution in [2.45, 2.75) is 32.7 Å². The number of aliphatic imine (C=N–C) groups is 1. The monoisotopic (exact) mass is 421 g/mol. The van der Waals surface area contributed by atoms with Crippen molar-refractivity contribution in [3.8, 4) is 0 Å². The quantitative estimate of drug-likeness (QED) is 0.684. The molecule has 4 rings (SSSR count). The molecule has 6 nitrogen and oxygen atoms in total. The van der Waals surface area contributed by atoms with Gasteiger partial charge in [-0.05, 0) is 43.2 Å². The van der Waals surface area contributed by atoms with E-state index in [-0.39, 0.29) is 36.7 Å². The lowest BCUT2D eigenvalue weighted by atomic mass is 10.1. The van der Waals surface area contributed by atoms with E-state index >= 15 is 0 Å². The Hall–Kier alpha value is -2.93. The summed E-state index contributed by atoms with van der Waals surface area (Å²) in [6.07, 6.45) is 0.897. The Morgan fingerprint density at radius 1 is 1.10 bits per heavy atom. The number of hydrogen-bond donors (Lipinski definition) is 0. The zero-order valence-electron chi connectivity index (χ0n) is 17.0. The van der Waals surface area contributed by atoms with Gasteiger partial charge in [0, 0.05) is 24.8 Å². The Kier molecular flexibility index (Phi) is 5.72. The molecule has 0 saturated carbocycles. The number of carbonyl (C=O) groups excluding carboxylic acids is 3. The van der Waals surface area contributed by atoms with E-state index < -0.39 is 0 Å². The summed E-state index contributed by atoms with van der Waals surface area (Å²) >= 11 is 1.57. The lowest BCUT2D eigenvalue weighted by Gasteiger charge is -2.24. The number of hydrogen-bond acceptors (Lipinski definition) is 5. The van der Waals surface area contributed by atoms with E-state index in [1.807, 2.05) is 38.1 Å². The average Bonchev–Trinajstić information content (AvgIpc) is 3.25. The summed E-state index contributed by atoms with van der Waals surface area (Å²) in [5.41, 5.74) is 2.72. The second-order valence-electron chi connectivity index (χ2n) is 7.43. The minimum absolute atomic E-state index is 0.0632. The van der Waals surface area contributed by atoms with E-state index in [1.165, 1.54) is 4.90 Å². The highest BCUT2D eigenvalue weighted by atomic mass is 32.2. The van der Waals surface area contributed by atoms with Gasteiger partial charge in [-0.25, -0.2) is 4.99 Å². The Morgan fingerprint density at radius 2 is 1.80 bits per heavy atom. The SMILES string of the molecule is CCC1CSC(=Nc2cccc(C)c2)N1C(=O)CCN1C(=O)c2ccccc2C1=O. The molecule has 2 aliphatic heterocycles. The fourth-order valence-corrected chi connectivity index (χ4v) is 5.03. The summed E-state index contributed by atoms with van der Waals surface area (Å²) in [5, 5.41) is 0.680. The van der Waals surface area contributed by atoms with E-state index in [0.717, 1.165) is 23.4 Å². The van der Waals surface area contributed by atoms with Crippen LogP contribution in [0.3, 0.4) is 0 Å². The van der Waals surface area contributed by atoms with Gasteiger partial charge in [0.05, 0.1) is 16.8 Å². The number of amidine groups is 1. The number of aryl methyl sites for hydroxylation is 1. The first kappa shape index (κ1) is 20.3. The lowest BCUT2D eigenvalue weighted by Crippen LogP contribution is -2.41. The van der Waals surface area contributed by atoms with E-state index in [9.17, 15) is 14.4 Å². The van der Waals surface area contributed by atoms with Crippen molar-refractivity contribution in [2.24, 2.45) is 4.99 Å². The second-order valence-corrected chi connectivity index (χ2v) is 8.41. The van der Waals surface area contributed by atoms with Crippen molar-refractivity contribution in [3.63, 3.8) is 0 Å². The smallest absolute Gasteiger partial charge is 0.261 e. The number of nitrogens with zero attached hydrogens (tertiary/aromatic N) is 3. The maximum atomic E-state index is 13.1. The van der Waals surface area contributed by atoms with Crippen LogP contribution < -0.4 is 0 Å². The lowest BCUT2D eigenvalue weighted by molar-refractivity contribution is -0.128. The Morgan fingerprint density at radius 3 is 2.43 bits per heavy atom. The summed E-state index contributed by atoms with van der Waals surface area (Å²) in [6.45, 7) is 4.12. The predicted molar refractivity (Wildman–Crippen MR) is 118 cm³/mol. The fraction of sp³-hybridized carbons (Fsp3) is 0.304. The Bertz CT molecular complexity index is 1010. The van der Waals surface area contributed by atoms with Gasteiger partial charge in [0.2, 0.25) is 5.91 Å². The zero-order chi connectivity index (χ0) is 21.3. The molecule has 2 aromatic rings. The largest absolute Gasteiger partial charge is 0.287 e. The van der Waals surface area contributed by atoms with Crippen LogP contribution in [0.4, 0.5) is 5.69 Å². The molecule has 0 aromatic heterocycles. The first-order chi connectivity index (χ1) is 14.5. The average molecular weight is 422 g/mol. The van der Waals surface area contributed by atoms with Gasteiger partial charge in [0.1, 0.15) is 0 Å². The van der Waals surface area contributed by atoms with Gasteiger partial charge in [0.25, 0.3) is 11.8 Å². The van der Waals surface area contributed by atoms with Gasteiger partial charge in [-0.3, -0.25) is 24.2 Å². The molecular formula is C23H23N3O3S. The molecule has 2 aliphatic rings. The number of rotatable bonds is 5. The van der Waals surface area contributed by atoms with Crippen LogP contribution in [0, 0.1) is 6.92 Å². The molecule has 154 valence electrons. The highest BCUT2D eigenvalue weighted by Gasteiger charge is 2.37. The molecule has 2 heterocycles. The number of amides is 3. The molecular weight excluding hydrogens is 398 g/mol. The van der Waals surface area contributed by atoms with Gasteiger partial charge in [-0.15, -0.1) is 0 Å². The topological polar surface area (TPSA) is 70.1 Å².